The van der Waals surface area contributed by atoms with E-state index in [1.807, 2.05) is 0 Å². The summed E-state index contributed by atoms with van der Waals surface area (Å²) in [7, 11) is 1.57. The first-order chi connectivity index (χ1) is 7.22. The molecule has 5 heteroatoms. The summed E-state index contributed by atoms with van der Waals surface area (Å²) in [6, 6.07) is 7.16. The van der Waals surface area contributed by atoms with Gasteiger partial charge in [0.25, 0.3) is 0 Å². The van der Waals surface area contributed by atoms with Gasteiger partial charge in [-0.05, 0) is 17.7 Å². The van der Waals surface area contributed by atoms with Gasteiger partial charge in [-0.15, -0.1) is 0 Å². The molecule has 0 atom stereocenters. The van der Waals surface area contributed by atoms with Gasteiger partial charge in [-0.2, -0.15) is 0 Å². The predicted octanol–water partition coefficient (Wildman–Crippen LogP) is 1.13. The molecule has 0 saturated heterocycles. The Morgan fingerprint density at radius 1 is 1.60 bits per heavy atom. The van der Waals surface area contributed by atoms with Gasteiger partial charge in [0.2, 0.25) is 6.61 Å². The van der Waals surface area contributed by atoms with Gasteiger partial charge in [-0.1, -0.05) is 17.3 Å². The molecule has 0 fully saturated rings. The second-order valence-corrected chi connectivity index (χ2v) is 2.68. The summed E-state index contributed by atoms with van der Waals surface area (Å²) in [6.07, 6.45) is 1.42. The monoisotopic (exact) mass is 209 g/mol. The van der Waals surface area contributed by atoms with Crippen molar-refractivity contribution in [2.24, 2.45) is 5.16 Å². The maximum atomic E-state index is 10.1. The van der Waals surface area contributed by atoms with Crippen LogP contribution in [-0.2, 0) is 9.63 Å². The number of rotatable bonds is 5. The summed E-state index contributed by atoms with van der Waals surface area (Å²) in [5, 5.41) is 11.8. The van der Waals surface area contributed by atoms with Crippen molar-refractivity contribution in [3.63, 3.8) is 0 Å². The molecule has 0 aliphatic heterocycles. The number of nitrogens with zero attached hydrogens (tertiary/aromatic N) is 1. The summed E-state index contributed by atoms with van der Waals surface area (Å²) in [6.45, 7) is -0.444. The summed E-state index contributed by atoms with van der Waals surface area (Å²) < 4.78 is 5.00. The van der Waals surface area contributed by atoms with Crippen LogP contribution in [0, 0.1) is 0 Å². The third-order valence-corrected chi connectivity index (χ3v) is 1.56. The molecule has 80 valence electrons. The standard InChI is InChI=1S/C10H11NO4/c1-14-9-4-2-3-8(5-9)6-11-15-7-10(12)13/h2-6H,7H2,1H3,(H,12,13)/b11-6-. The maximum Gasteiger partial charge on any atom is 0.344 e. The minimum Gasteiger partial charge on any atom is -0.497 e. The minimum atomic E-state index is -1.06. The largest absolute Gasteiger partial charge is 0.497 e. The highest BCUT2D eigenvalue weighted by Gasteiger charge is 1.94. The first-order valence-corrected chi connectivity index (χ1v) is 4.23. The first kappa shape index (κ1) is 11.0. The van der Waals surface area contributed by atoms with Gasteiger partial charge in [0, 0.05) is 0 Å². The molecule has 0 saturated carbocycles. The molecule has 1 N–H and O–H groups in total. The van der Waals surface area contributed by atoms with E-state index >= 15 is 0 Å². The number of benzene rings is 1. The van der Waals surface area contributed by atoms with Crippen molar-refractivity contribution in [3.05, 3.63) is 29.8 Å². The predicted molar refractivity (Wildman–Crippen MR) is 54.2 cm³/mol. The van der Waals surface area contributed by atoms with Crippen LogP contribution in [0.2, 0.25) is 0 Å². The van der Waals surface area contributed by atoms with Crippen LogP contribution in [0.25, 0.3) is 0 Å². The topological polar surface area (TPSA) is 68.1 Å². The number of methoxy groups -OCH3 is 1. The Balaban J connectivity index is 2.52. The molecular formula is C10H11NO4. The third-order valence-electron chi connectivity index (χ3n) is 1.56. The molecule has 0 aliphatic rings. The number of ether oxygens (including phenoxy) is 1. The second kappa shape index (κ2) is 5.64. The maximum absolute atomic E-state index is 10.1. The van der Waals surface area contributed by atoms with Gasteiger partial charge in [0.15, 0.2) is 0 Å². The smallest absolute Gasteiger partial charge is 0.344 e. The van der Waals surface area contributed by atoms with Crippen LogP contribution in [0.3, 0.4) is 0 Å². The third kappa shape index (κ3) is 4.12. The fourth-order valence-corrected chi connectivity index (χ4v) is 0.912. The van der Waals surface area contributed by atoms with Crippen LogP contribution in [0.1, 0.15) is 5.56 Å². The zero-order valence-corrected chi connectivity index (χ0v) is 8.21. The summed E-state index contributed by atoms with van der Waals surface area (Å²) >= 11 is 0. The Kier molecular flexibility index (Phi) is 4.15. The Morgan fingerprint density at radius 2 is 2.40 bits per heavy atom. The first-order valence-electron chi connectivity index (χ1n) is 4.23. The van der Waals surface area contributed by atoms with Crippen LogP contribution in [0.4, 0.5) is 0 Å². The normalized spacial score (nSPS) is 10.2. The van der Waals surface area contributed by atoms with E-state index in [0.717, 1.165) is 5.56 Å². The van der Waals surface area contributed by atoms with E-state index in [1.54, 1.807) is 31.4 Å². The number of carboxylic acid groups (broad SMARTS) is 1. The molecule has 0 spiro atoms. The fourth-order valence-electron chi connectivity index (χ4n) is 0.912. The van der Waals surface area contributed by atoms with Crippen LogP contribution in [0.5, 0.6) is 5.75 Å². The molecule has 1 aromatic rings. The molecule has 0 unspecified atom stereocenters. The molecular weight excluding hydrogens is 198 g/mol. The average Bonchev–Trinajstić information content (AvgIpc) is 2.24. The lowest BCUT2D eigenvalue weighted by molar-refractivity contribution is -0.142. The van der Waals surface area contributed by atoms with Gasteiger partial charge in [0.1, 0.15) is 5.75 Å². The van der Waals surface area contributed by atoms with Crippen molar-refractivity contribution in [1.82, 2.24) is 0 Å². The molecule has 0 aliphatic carbocycles. The van der Waals surface area contributed by atoms with E-state index in [0.29, 0.717) is 5.75 Å². The van der Waals surface area contributed by atoms with Gasteiger partial charge >= 0.3 is 5.97 Å². The van der Waals surface area contributed by atoms with E-state index in [4.69, 9.17) is 9.84 Å². The second-order valence-electron chi connectivity index (χ2n) is 2.68. The Hall–Kier alpha value is -2.04. The summed E-state index contributed by atoms with van der Waals surface area (Å²) in [5.74, 6) is -0.352. The minimum absolute atomic E-state index is 0.444. The van der Waals surface area contributed by atoms with Crippen molar-refractivity contribution < 1.29 is 19.5 Å². The van der Waals surface area contributed by atoms with Gasteiger partial charge in [-0.25, -0.2) is 4.79 Å². The lowest BCUT2D eigenvalue weighted by Gasteiger charge is -1.99. The summed E-state index contributed by atoms with van der Waals surface area (Å²) in [4.78, 5) is 14.6. The van der Waals surface area contributed by atoms with Gasteiger partial charge < -0.3 is 14.7 Å². The zero-order valence-electron chi connectivity index (χ0n) is 8.21. The Bertz CT molecular complexity index is 362. The van der Waals surface area contributed by atoms with E-state index in [2.05, 4.69) is 9.99 Å². The molecule has 0 amide bonds. The number of hydrogen-bond acceptors (Lipinski definition) is 4. The van der Waals surface area contributed by atoms with Crippen molar-refractivity contribution in [1.29, 1.82) is 0 Å². The van der Waals surface area contributed by atoms with E-state index < -0.39 is 12.6 Å². The van der Waals surface area contributed by atoms with Crippen LogP contribution in [0.15, 0.2) is 29.4 Å². The van der Waals surface area contributed by atoms with E-state index in [-0.39, 0.29) is 0 Å². The van der Waals surface area contributed by atoms with Gasteiger partial charge in [-0.3, -0.25) is 0 Å². The quantitative estimate of drug-likeness (QED) is 0.583. The number of carboxylic acids is 1. The molecule has 0 bridgehead atoms. The van der Waals surface area contributed by atoms with Crippen LogP contribution >= 0.6 is 0 Å². The molecule has 5 nitrogen and oxygen atoms in total. The Labute approximate surface area is 86.9 Å². The highest BCUT2D eigenvalue weighted by atomic mass is 16.6. The van der Waals surface area contributed by atoms with Crippen LogP contribution in [-0.4, -0.2) is 31.0 Å². The van der Waals surface area contributed by atoms with Crippen LogP contribution < -0.4 is 4.74 Å². The van der Waals surface area contributed by atoms with E-state index in [1.165, 1.54) is 6.21 Å². The molecule has 1 rings (SSSR count). The fraction of sp³-hybridized carbons (Fsp3) is 0.200. The Morgan fingerprint density at radius 3 is 3.07 bits per heavy atom. The van der Waals surface area contributed by atoms with Crippen molar-refractivity contribution in [2.75, 3.05) is 13.7 Å². The SMILES string of the molecule is COc1cccc(/C=N\OCC(=O)O)c1. The number of carbonyl (C=O) groups is 1. The number of hydrogen-bond donors (Lipinski definition) is 1. The zero-order chi connectivity index (χ0) is 11.1. The van der Waals surface area contributed by atoms with Crippen molar-refractivity contribution in [3.8, 4) is 5.75 Å². The van der Waals surface area contributed by atoms with Gasteiger partial charge in [0.05, 0.1) is 13.3 Å². The molecule has 0 heterocycles. The molecule has 15 heavy (non-hydrogen) atoms. The lowest BCUT2D eigenvalue weighted by atomic mass is 10.2. The summed E-state index contributed by atoms with van der Waals surface area (Å²) in [5.41, 5.74) is 0.778. The highest BCUT2D eigenvalue weighted by Crippen LogP contribution is 2.10. The van der Waals surface area contributed by atoms with Crippen molar-refractivity contribution in [2.45, 2.75) is 0 Å². The molecule has 1 aromatic carbocycles. The molecule has 0 aromatic heterocycles. The number of aliphatic carboxylic acids is 1. The van der Waals surface area contributed by atoms with Crippen molar-refractivity contribution >= 4 is 12.2 Å². The number of oxime groups is 1. The lowest BCUT2D eigenvalue weighted by Crippen LogP contribution is -2.03. The van der Waals surface area contributed by atoms with E-state index in [9.17, 15) is 4.79 Å². The highest BCUT2D eigenvalue weighted by molar-refractivity contribution is 5.79. The molecule has 0 radical (unpaired) electrons. The average molecular weight is 209 g/mol.